The lowest BCUT2D eigenvalue weighted by atomic mass is 9.54. The van der Waals surface area contributed by atoms with Gasteiger partial charge in [-0.3, -0.25) is 0 Å². The van der Waals surface area contributed by atoms with Crippen LogP contribution >= 0.6 is 0 Å². The zero-order valence-corrected chi connectivity index (χ0v) is 7.95. The summed E-state index contributed by atoms with van der Waals surface area (Å²) in [7, 11) is 0. The van der Waals surface area contributed by atoms with Crippen molar-refractivity contribution in [2.24, 2.45) is 17.8 Å². The van der Waals surface area contributed by atoms with Crippen molar-refractivity contribution >= 4 is 0 Å². The Morgan fingerprint density at radius 3 is 2.85 bits per heavy atom. The van der Waals surface area contributed by atoms with Crippen LogP contribution in [0.4, 0.5) is 0 Å². The zero-order chi connectivity index (χ0) is 9.05. The first-order valence-electron chi connectivity index (χ1n) is 5.58. The number of aliphatic hydroxyl groups excluding tert-OH is 1. The van der Waals surface area contributed by atoms with E-state index in [0.29, 0.717) is 18.3 Å². The van der Waals surface area contributed by atoms with E-state index in [4.69, 9.17) is 0 Å². The van der Waals surface area contributed by atoms with Gasteiger partial charge in [0.25, 0.3) is 0 Å². The van der Waals surface area contributed by atoms with Crippen LogP contribution in [0, 0.1) is 17.8 Å². The fourth-order valence-electron chi connectivity index (χ4n) is 3.93. The van der Waals surface area contributed by atoms with Gasteiger partial charge in [0.2, 0.25) is 0 Å². The topological polar surface area (TPSA) is 40.5 Å². The Labute approximate surface area is 79.0 Å². The quantitative estimate of drug-likeness (QED) is 0.593. The molecular weight excluding hydrogens is 164 g/mol. The molecule has 2 heteroatoms. The molecule has 74 valence electrons. The predicted octanol–water partition coefficient (Wildman–Crippen LogP) is 1.31. The fraction of sp³-hybridized carbons (Fsp3) is 1.00. The number of rotatable bonds is 0. The maximum Gasteiger partial charge on any atom is 0.0700 e. The second-order valence-electron chi connectivity index (χ2n) is 5.44. The second kappa shape index (κ2) is 2.48. The molecule has 3 aliphatic rings. The minimum absolute atomic E-state index is 0.218. The van der Waals surface area contributed by atoms with E-state index in [9.17, 15) is 10.2 Å². The van der Waals surface area contributed by atoms with E-state index in [1.165, 1.54) is 19.3 Å². The van der Waals surface area contributed by atoms with Crippen LogP contribution < -0.4 is 0 Å². The molecule has 0 heterocycles. The largest absolute Gasteiger partial charge is 0.393 e. The van der Waals surface area contributed by atoms with Crippen molar-refractivity contribution in [1.82, 2.24) is 0 Å². The molecule has 5 unspecified atom stereocenters. The molecule has 0 spiro atoms. The van der Waals surface area contributed by atoms with Crippen molar-refractivity contribution in [3.63, 3.8) is 0 Å². The molecule has 2 N–H and O–H groups in total. The molecule has 0 aromatic rings. The van der Waals surface area contributed by atoms with E-state index in [-0.39, 0.29) is 6.10 Å². The SMILES string of the molecule is OC1CC2(O)CCC3CC1CC2C3. The molecular formula is C11H18O2. The normalized spacial score (nSPS) is 59.5. The van der Waals surface area contributed by atoms with Crippen molar-refractivity contribution in [3.8, 4) is 0 Å². The Kier molecular flexibility index (Phi) is 1.58. The van der Waals surface area contributed by atoms with Gasteiger partial charge in [0.1, 0.15) is 0 Å². The van der Waals surface area contributed by atoms with Gasteiger partial charge in [-0.2, -0.15) is 0 Å². The highest BCUT2D eigenvalue weighted by Gasteiger charge is 2.52. The first kappa shape index (κ1) is 8.25. The molecule has 0 aromatic carbocycles. The summed E-state index contributed by atoms with van der Waals surface area (Å²) in [4.78, 5) is 0. The molecule has 0 aliphatic heterocycles. The molecule has 0 aromatic heterocycles. The lowest BCUT2D eigenvalue weighted by Gasteiger charge is -2.54. The van der Waals surface area contributed by atoms with Crippen molar-refractivity contribution in [2.45, 2.75) is 50.2 Å². The molecule has 0 radical (unpaired) electrons. The van der Waals surface area contributed by atoms with Gasteiger partial charge < -0.3 is 10.2 Å². The van der Waals surface area contributed by atoms with Crippen LogP contribution in [0.1, 0.15) is 38.5 Å². The molecule has 0 amide bonds. The summed E-state index contributed by atoms with van der Waals surface area (Å²) in [5.41, 5.74) is -0.493. The van der Waals surface area contributed by atoms with Crippen LogP contribution in [0.5, 0.6) is 0 Å². The third kappa shape index (κ3) is 1.08. The standard InChI is InChI=1S/C11H18O2/c12-10-6-11(13)2-1-7-3-8(10)5-9(11)4-7/h7-10,12-13H,1-6H2. The van der Waals surface area contributed by atoms with Gasteiger partial charge in [0, 0.05) is 6.42 Å². The van der Waals surface area contributed by atoms with E-state index in [1.54, 1.807) is 0 Å². The molecule has 3 bridgehead atoms. The van der Waals surface area contributed by atoms with Gasteiger partial charge in [-0.25, -0.2) is 0 Å². The summed E-state index contributed by atoms with van der Waals surface area (Å²) in [5.74, 6) is 1.82. The van der Waals surface area contributed by atoms with Gasteiger partial charge in [-0.1, -0.05) is 0 Å². The highest BCUT2D eigenvalue weighted by molar-refractivity contribution is 5.04. The number of hydrogen-bond acceptors (Lipinski definition) is 2. The van der Waals surface area contributed by atoms with Crippen molar-refractivity contribution < 1.29 is 10.2 Å². The molecule has 3 rings (SSSR count). The van der Waals surface area contributed by atoms with Crippen molar-refractivity contribution in [1.29, 1.82) is 0 Å². The van der Waals surface area contributed by atoms with Gasteiger partial charge >= 0.3 is 0 Å². The third-order valence-electron chi connectivity index (χ3n) is 4.69. The minimum atomic E-state index is -0.493. The summed E-state index contributed by atoms with van der Waals surface area (Å²) in [5, 5.41) is 20.2. The van der Waals surface area contributed by atoms with Crippen molar-refractivity contribution in [2.75, 3.05) is 0 Å². The Morgan fingerprint density at radius 1 is 1.15 bits per heavy atom. The number of fused-ring (bicyclic) bond motifs is 2. The highest BCUT2D eigenvalue weighted by atomic mass is 16.3. The van der Waals surface area contributed by atoms with Crippen LogP contribution in [0.3, 0.4) is 0 Å². The first-order chi connectivity index (χ1) is 6.17. The van der Waals surface area contributed by atoms with E-state index < -0.39 is 5.60 Å². The Balaban J connectivity index is 1.94. The molecule has 13 heavy (non-hydrogen) atoms. The summed E-state index contributed by atoms with van der Waals surface area (Å²) in [6, 6.07) is 0. The average Bonchev–Trinajstić information content (AvgIpc) is 2.11. The molecule has 3 saturated carbocycles. The van der Waals surface area contributed by atoms with Gasteiger partial charge in [0.05, 0.1) is 11.7 Å². The van der Waals surface area contributed by atoms with E-state index >= 15 is 0 Å². The fourth-order valence-corrected chi connectivity index (χ4v) is 3.93. The average molecular weight is 182 g/mol. The lowest BCUT2D eigenvalue weighted by molar-refractivity contribution is -0.164. The zero-order valence-electron chi connectivity index (χ0n) is 7.95. The Hall–Kier alpha value is -0.0800. The second-order valence-corrected chi connectivity index (χ2v) is 5.44. The minimum Gasteiger partial charge on any atom is -0.393 e. The molecule has 0 saturated heterocycles. The molecule has 2 nitrogen and oxygen atoms in total. The first-order valence-corrected chi connectivity index (χ1v) is 5.58. The van der Waals surface area contributed by atoms with Crippen LogP contribution in [0.2, 0.25) is 0 Å². The summed E-state index contributed by atoms with van der Waals surface area (Å²) < 4.78 is 0. The molecule has 3 fully saturated rings. The van der Waals surface area contributed by atoms with Crippen LogP contribution in [0.25, 0.3) is 0 Å². The summed E-state index contributed by atoms with van der Waals surface area (Å²) >= 11 is 0. The number of aliphatic hydroxyl groups is 2. The highest BCUT2D eigenvalue weighted by Crippen LogP contribution is 2.54. The maximum atomic E-state index is 10.3. The van der Waals surface area contributed by atoms with Crippen LogP contribution in [0.15, 0.2) is 0 Å². The van der Waals surface area contributed by atoms with Crippen molar-refractivity contribution in [3.05, 3.63) is 0 Å². The summed E-state index contributed by atoms with van der Waals surface area (Å²) in [6.45, 7) is 0. The number of hydrogen-bond donors (Lipinski definition) is 2. The van der Waals surface area contributed by atoms with Gasteiger partial charge in [-0.15, -0.1) is 0 Å². The van der Waals surface area contributed by atoms with E-state index in [1.807, 2.05) is 0 Å². The monoisotopic (exact) mass is 182 g/mol. The molecule has 3 aliphatic carbocycles. The Bertz CT molecular complexity index is 226. The maximum absolute atomic E-state index is 10.3. The van der Waals surface area contributed by atoms with Crippen LogP contribution in [-0.2, 0) is 0 Å². The third-order valence-corrected chi connectivity index (χ3v) is 4.69. The van der Waals surface area contributed by atoms with Crippen LogP contribution in [-0.4, -0.2) is 21.9 Å². The lowest BCUT2D eigenvalue weighted by Crippen LogP contribution is -2.55. The van der Waals surface area contributed by atoms with E-state index in [2.05, 4.69) is 0 Å². The Morgan fingerprint density at radius 2 is 2.00 bits per heavy atom. The van der Waals surface area contributed by atoms with Gasteiger partial charge in [0.15, 0.2) is 0 Å². The van der Waals surface area contributed by atoms with Gasteiger partial charge in [-0.05, 0) is 49.9 Å². The predicted molar refractivity (Wildman–Crippen MR) is 49.1 cm³/mol. The van der Waals surface area contributed by atoms with E-state index in [0.717, 1.165) is 18.8 Å². The smallest absolute Gasteiger partial charge is 0.0700 e. The summed E-state index contributed by atoms with van der Waals surface area (Å²) in [6.07, 6.45) is 6.07. The molecule has 5 atom stereocenters.